The summed E-state index contributed by atoms with van der Waals surface area (Å²) in [5.41, 5.74) is 4.23. The quantitative estimate of drug-likeness (QED) is 0.669. The molecule has 0 N–H and O–H groups in total. The Kier molecular flexibility index (Phi) is 3.28. The molecule has 0 amide bonds. The van der Waals surface area contributed by atoms with Gasteiger partial charge in [0.25, 0.3) is 0 Å². The van der Waals surface area contributed by atoms with Crippen molar-refractivity contribution in [2.75, 3.05) is 0 Å². The molecule has 0 aromatic heterocycles. The molecule has 0 fully saturated rings. The summed E-state index contributed by atoms with van der Waals surface area (Å²) in [7, 11) is 0. The van der Waals surface area contributed by atoms with Crippen LogP contribution in [0.4, 0.5) is 0 Å². The molecule has 22 heavy (non-hydrogen) atoms. The van der Waals surface area contributed by atoms with E-state index in [1.165, 1.54) is 0 Å². The number of carbonyl (C=O) groups excluding carboxylic acids is 2. The van der Waals surface area contributed by atoms with Gasteiger partial charge in [-0.05, 0) is 41.2 Å². The number of rotatable bonds is 1. The number of fused-ring (bicyclic) bond motifs is 2. The van der Waals surface area contributed by atoms with Gasteiger partial charge in [-0.1, -0.05) is 45.9 Å². The van der Waals surface area contributed by atoms with E-state index < -0.39 is 0 Å². The molecule has 2 aromatic rings. The van der Waals surface area contributed by atoms with Crippen molar-refractivity contribution in [3.05, 3.63) is 69.8 Å². The summed E-state index contributed by atoms with van der Waals surface area (Å²) in [4.78, 5) is 25.5. The Hall–Kier alpha value is -2.22. The minimum absolute atomic E-state index is 0.0413. The molecule has 0 spiro atoms. The van der Waals surface area contributed by atoms with Crippen LogP contribution in [0.1, 0.15) is 70.7 Å². The average Bonchev–Trinajstić information content (AvgIpc) is 2.50. The number of hydrogen-bond acceptors (Lipinski definition) is 2. The summed E-state index contributed by atoms with van der Waals surface area (Å²) in [5, 5.41) is 0. The molecular weight excluding hydrogens is 272 g/mol. The molecule has 112 valence electrons. The van der Waals surface area contributed by atoms with E-state index in [1.54, 1.807) is 12.1 Å². The van der Waals surface area contributed by atoms with Crippen LogP contribution in [0.25, 0.3) is 0 Å². The van der Waals surface area contributed by atoms with Gasteiger partial charge in [0.2, 0.25) is 0 Å². The predicted molar refractivity (Wildman–Crippen MR) is 87.8 cm³/mol. The van der Waals surface area contributed by atoms with E-state index in [9.17, 15) is 9.59 Å². The lowest BCUT2D eigenvalue weighted by Crippen LogP contribution is -2.22. The first-order valence-corrected chi connectivity index (χ1v) is 7.69. The zero-order valence-electron chi connectivity index (χ0n) is 13.5. The summed E-state index contributed by atoms with van der Waals surface area (Å²) < 4.78 is 0. The highest BCUT2D eigenvalue weighted by Gasteiger charge is 2.30. The number of aryl methyl sites for hydroxylation is 1. The molecule has 0 radical (unpaired) electrons. The fourth-order valence-corrected chi connectivity index (χ4v) is 2.88. The normalized spacial score (nSPS) is 13.8. The van der Waals surface area contributed by atoms with Gasteiger partial charge in [-0.3, -0.25) is 9.59 Å². The lowest BCUT2D eigenvalue weighted by atomic mass is 9.79. The summed E-state index contributed by atoms with van der Waals surface area (Å²) in [5.74, 6) is -0.0845. The van der Waals surface area contributed by atoms with Crippen molar-refractivity contribution in [3.8, 4) is 0 Å². The van der Waals surface area contributed by atoms with Crippen LogP contribution in [-0.2, 0) is 11.8 Å². The molecular formula is C20H20O2. The van der Waals surface area contributed by atoms with E-state index in [1.807, 2.05) is 31.2 Å². The largest absolute Gasteiger partial charge is 0.289 e. The van der Waals surface area contributed by atoms with Gasteiger partial charge in [-0.15, -0.1) is 0 Å². The van der Waals surface area contributed by atoms with E-state index in [2.05, 4.69) is 20.8 Å². The Morgan fingerprint density at radius 1 is 0.773 bits per heavy atom. The van der Waals surface area contributed by atoms with Crippen molar-refractivity contribution in [3.63, 3.8) is 0 Å². The van der Waals surface area contributed by atoms with E-state index >= 15 is 0 Å². The van der Waals surface area contributed by atoms with Gasteiger partial charge in [0.15, 0.2) is 11.6 Å². The van der Waals surface area contributed by atoms with Gasteiger partial charge < -0.3 is 0 Å². The maximum absolute atomic E-state index is 12.8. The molecule has 0 heterocycles. The van der Waals surface area contributed by atoms with Crippen LogP contribution in [0.2, 0.25) is 0 Å². The highest BCUT2D eigenvalue weighted by Crippen LogP contribution is 2.31. The van der Waals surface area contributed by atoms with Crippen LogP contribution < -0.4 is 0 Å². The Labute approximate surface area is 131 Å². The maximum atomic E-state index is 12.8. The topological polar surface area (TPSA) is 34.1 Å². The first-order valence-electron chi connectivity index (χ1n) is 7.69. The van der Waals surface area contributed by atoms with Crippen LogP contribution in [-0.4, -0.2) is 11.6 Å². The Morgan fingerprint density at radius 3 is 1.86 bits per heavy atom. The van der Waals surface area contributed by atoms with Crippen molar-refractivity contribution in [2.24, 2.45) is 0 Å². The molecule has 1 aliphatic carbocycles. The SMILES string of the molecule is CCc1ccc2c(c1)C(=O)c1ccc(C(C)(C)C)cc1C2=O. The molecule has 2 heteroatoms. The van der Waals surface area contributed by atoms with Gasteiger partial charge in [-0.25, -0.2) is 0 Å². The molecule has 2 aromatic carbocycles. The molecule has 0 bridgehead atoms. The number of carbonyl (C=O) groups is 2. The van der Waals surface area contributed by atoms with Crippen molar-refractivity contribution in [2.45, 2.75) is 39.5 Å². The lowest BCUT2D eigenvalue weighted by molar-refractivity contribution is 0.0979. The van der Waals surface area contributed by atoms with Crippen molar-refractivity contribution >= 4 is 11.6 Å². The molecule has 3 rings (SSSR count). The fourth-order valence-electron chi connectivity index (χ4n) is 2.88. The zero-order valence-corrected chi connectivity index (χ0v) is 13.5. The molecule has 0 saturated heterocycles. The number of benzene rings is 2. The van der Waals surface area contributed by atoms with E-state index in [-0.39, 0.29) is 17.0 Å². The molecule has 1 aliphatic rings. The molecule has 0 saturated carbocycles. The Balaban J connectivity index is 2.20. The second-order valence-corrected chi connectivity index (χ2v) is 6.90. The number of hydrogen-bond donors (Lipinski definition) is 0. The van der Waals surface area contributed by atoms with E-state index in [4.69, 9.17) is 0 Å². The molecule has 0 unspecified atom stereocenters. The third kappa shape index (κ3) is 2.19. The average molecular weight is 292 g/mol. The third-order valence-electron chi connectivity index (χ3n) is 4.36. The van der Waals surface area contributed by atoms with Crippen LogP contribution in [0.3, 0.4) is 0 Å². The first-order chi connectivity index (χ1) is 10.3. The summed E-state index contributed by atoms with van der Waals surface area (Å²) in [6, 6.07) is 11.2. The lowest BCUT2D eigenvalue weighted by Gasteiger charge is -2.23. The number of ketones is 2. The maximum Gasteiger partial charge on any atom is 0.194 e. The van der Waals surface area contributed by atoms with E-state index in [0.29, 0.717) is 22.3 Å². The zero-order chi connectivity index (χ0) is 16.1. The van der Waals surface area contributed by atoms with E-state index in [0.717, 1.165) is 17.5 Å². The first kappa shape index (κ1) is 14.7. The second kappa shape index (κ2) is 4.91. The summed E-state index contributed by atoms with van der Waals surface area (Å²) in [6.07, 6.45) is 0.852. The van der Waals surface area contributed by atoms with Gasteiger partial charge in [0, 0.05) is 22.3 Å². The highest BCUT2D eigenvalue weighted by molar-refractivity contribution is 6.28. The van der Waals surface area contributed by atoms with Crippen LogP contribution in [0, 0.1) is 0 Å². The minimum atomic E-state index is -0.0509. The summed E-state index contributed by atoms with van der Waals surface area (Å²) in [6.45, 7) is 8.35. The van der Waals surface area contributed by atoms with Crippen molar-refractivity contribution in [1.29, 1.82) is 0 Å². The van der Waals surface area contributed by atoms with Gasteiger partial charge in [0.1, 0.15) is 0 Å². The van der Waals surface area contributed by atoms with Crippen LogP contribution >= 0.6 is 0 Å². The minimum Gasteiger partial charge on any atom is -0.289 e. The van der Waals surface area contributed by atoms with Crippen molar-refractivity contribution in [1.82, 2.24) is 0 Å². The van der Waals surface area contributed by atoms with Crippen LogP contribution in [0.15, 0.2) is 36.4 Å². The van der Waals surface area contributed by atoms with Gasteiger partial charge in [-0.2, -0.15) is 0 Å². The van der Waals surface area contributed by atoms with Crippen molar-refractivity contribution < 1.29 is 9.59 Å². The Bertz CT molecular complexity index is 792. The summed E-state index contributed by atoms with van der Waals surface area (Å²) >= 11 is 0. The fraction of sp³-hybridized carbons (Fsp3) is 0.300. The Morgan fingerprint density at radius 2 is 1.32 bits per heavy atom. The predicted octanol–water partition coefficient (Wildman–Crippen LogP) is 4.32. The van der Waals surface area contributed by atoms with Gasteiger partial charge >= 0.3 is 0 Å². The second-order valence-electron chi connectivity index (χ2n) is 6.90. The molecule has 2 nitrogen and oxygen atoms in total. The third-order valence-corrected chi connectivity index (χ3v) is 4.36. The standard InChI is InChI=1S/C20H20O2/c1-5-12-6-8-14-16(10-12)18(21)15-9-7-13(20(2,3)4)11-17(15)19(14)22/h6-11H,5H2,1-4H3. The smallest absolute Gasteiger partial charge is 0.194 e. The van der Waals surface area contributed by atoms with Crippen LogP contribution in [0.5, 0.6) is 0 Å². The van der Waals surface area contributed by atoms with Gasteiger partial charge in [0.05, 0.1) is 0 Å². The molecule has 0 aliphatic heterocycles. The monoisotopic (exact) mass is 292 g/mol. The molecule has 0 atom stereocenters. The highest BCUT2D eigenvalue weighted by atomic mass is 16.1.